The lowest BCUT2D eigenvalue weighted by atomic mass is 10.0. The SMILES string of the molecule is S=C1N[C@@H](c2ccccn2)[C@H](c2cccn2-c2ccc(Cl)cc2Cl)N1Cc1cccnc1. The topological polar surface area (TPSA) is 46.0 Å². The molecule has 1 aliphatic heterocycles. The van der Waals surface area contributed by atoms with Gasteiger partial charge in [-0.15, -0.1) is 0 Å². The second kappa shape index (κ2) is 8.90. The zero-order valence-corrected chi connectivity index (χ0v) is 19.2. The van der Waals surface area contributed by atoms with Gasteiger partial charge in [0.05, 0.1) is 28.5 Å². The van der Waals surface area contributed by atoms with Crippen LogP contribution in [0.1, 0.15) is 29.0 Å². The molecular weight excluding hydrogens is 461 g/mol. The highest BCUT2D eigenvalue weighted by molar-refractivity contribution is 7.80. The molecule has 1 aliphatic rings. The number of hydrogen-bond acceptors (Lipinski definition) is 3. The molecule has 4 heterocycles. The minimum Gasteiger partial charge on any atom is -0.352 e. The van der Waals surface area contributed by atoms with E-state index in [1.54, 1.807) is 18.5 Å². The van der Waals surface area contributed by atoms with Gasteiger partial charge in [-0.2, -0.15) is 0 Å². The van der Waals surface area contributed by atoms with Gasteiger partial charge in [-0.05, 0) is 66.3 Å². The fourth-order valence-electron chi connectivity index (χ4n) is 4.12. The summed E-state index contributed by atoms with van der Waals surface area (Å²) >= 11 is 18.5. The summed E-state index contributed by atoms with van der Waals surface area (Å²) in [5.41, 5.74) is 3.89. The predicted molar refractivity (Wildman–Crippen MR) is 131 cm³/mol. The first-order valence-corrected chi connectivity index (χ1v) is 11.3. The molecule has 160 valence electrons. The summed E-state index contributed by atoms with van der Waals surface area (Å²) in [6.45, 7) is 0.618. The van der Waals surface area contributed by atoms with Gasteiger partial charge >= 0.3 is 0 Å². The lowest BCUT2D eigenvalue weighted by molar-refractivity contribution is 0.302. The Morgan fingerprint density at radius 1 is 1.00 bits per heavy atom. The molecule has 5 rings (SSSR count). The summed E-state index contributed by atoms with van der Waals surface area (Å²) in [4.78, 5) is 11.1. The molecule has 0 aliphatic carbocycles. The highest BCUT2D eigenvalue weighted by Crippen LogP contribution is 2.41. The minimum atomic E-state index is -0.125. The number of hydrogen-bond donors (Lipinski definition) is 1. The van der Waals surface area contributed by atoms with Crippen molar-refractivity contribution in [2.75, 3.05) is 0 Å². The molecule has 0 amide bonds. The van der Waals surface area contributed by atoms with Gasteiger partial charge in [-0.3, -0.25) is 9.97 Å². The smallest absolute Gasteiger partial charge is 0.170 e. The zero-order valence-electron chi connectivity index (χ0n) is 16.9. The molecule has 0 radical (unpaired) electrons. The van der Waals surface area contributed by atoms with E-state index in [-0.39, 0.29) is 12.1 Å². The Hall–Kier alpha value is -2.93. The van der Waals surface area contributed by atoms with Gasteiger partial charge in [-0.1, -0.05) is 35.3 Å². The normalized spacial score (nSPS) is 18.1. The van der Waals surface area contributed by atoms with E-state index in [1.165, 1.54) is 0 Å². The molecule has 32 heavy (non-hydrogen) atoms. The van der Waals surface area contributed by atoms with E-state index in [9.17, 15) is 0 Å². The molecule has 0 spiro atoms. The van der Waals surface area contributed by atoms with Crippen LogP contribution in [0, 0.1) is 0 Å². The molecule has 3 aromatic heterocycles. The zero-order chi connectivity index (χ0) is 22.1. The Kier molecular flexibility index (Phi) is 5.83. The fraction of sp³-hybridized carbons (Fsp3) is 0.125. The molecule has 1 fully saturated rings. The number of halogens is 2. The molecule has 1 saturated heterocycles. The number of thiocarbonyl (C=S) groups is 1. The van der Waals surface area contributed by atoms with E-state index in [4.69, 9.17) is 35.4 Å². The molecule has 0 unspecified atom stereocenters. The predicted octanol–water partition coefficient (Wildman–Crippen LogP) is 5.75. The summed E-state index contributed by atoms with van der Waals surface area (Å²) in [5, 5.41) is 5.34. The molecule has 8 heteroatoms. The van der Waals surface area contributed by atoms with Gasteiger partial charge in [0.2, 0.25) is 0 Å². The number of rotatable bonds is 5. The van der Waals surface area contributed by atoms with Crippen LogP contribution in [-0.4, -0.2) is 24.5 Å². The monoisotopic (exact) mass is 479 g/mol. The number of nitrogens with one attached hydrogen (secondary N) is 1. The van der Waals surface area contributed by atoms with Crippen LogP contribution in [-0.2, 0) is 6.54 Å². The van der Waals surface area contributed by atoms with Crippen LogP contribution in [0.5, 0.6) is 0 Å². The maximum Gasteiger partial charge on any atom is 0.170 e. The molecular formula is C24H19Cl2N5S. The summed E-state index contributed by atoms with van der Waals surface area (Å²) in [5.74, 6) is 0. The average molecular weight is 480 g/mol. The summed E-state index contributed by atoms with van der Waals surface area (Å²) < 4.78 is 2.09. The van der Waals surface area contributed by atoms with Gasteiger partial charge in [0.25, 0.3) is 0 Å². The third kappa shape index (κ3) is 3.97. The van der Waals surface area contributed by atoms with Crippen molar-refractivity contribution in [1.29, 1.82) is 0 Å². The lowest BCUT2D eigenvalue weighted by Gasteiger charge is -2.29. The Balaban J connectivity index is 1.62. The van der Waals surface area contributed by atoms with E-state index in [0.717, 1.165) is 22.6 Å². The fourth-order valence-corrected chi connectivity index (χ4v) is 4.92. The second-order valence-electron chi connectivity index (χ2n) is 7.51. The largest absolute Gasteiger partial charge is 0.352 e. The minimum absolute atomic E-state index is 0.112. The third-order valence-electron chi connectivity index (χ3n) is 5.53. The van der Waals surface area contributed by atoms with Crippen LogP contribution in [0.3, 0.4) is 0 Å². The van der Waals surface area contributed by atoms with Crippen molar-refractivity contribution < 1.29 is 0 Å². The molecule has 5 nitrogen and oxygen atoms in total. The van der Waals surface area contributed by atoms with Gasteiger partial charge in [-0.25, -0.2) is 0 Å². The van der Waals surface area contributed by atoms with Crippen LogP contribution in [0.15, 0.2) is 85.5 Å². The molecule has 0 saturated carbocycles. The van der Waals surface area contributed by atoms with Crippen molar-refractivity contribution in [3.63, 3.8) is 0 Å². The average Bonchev–Trinajstić information content (AvgIpc) is 3.40. The van der Waals surface area contributed by atoms with Crippen molar-refractivity contribution in [2.24, 2.45) is 0 Å². The van der Waals surface area contributed by atoms with Gasteiger partial charge in [0.15, 0.2) is 5.11 Å². The standard InChI is InChI=1S/C24H19Cl2N5S/c25-17-8-9-20(18(26)13-17)30-12-4-7-21(30)23-22(19-6-1-2-11-28-19)29-24(32)31(23)15-16-5-3-10-27-14-16/h1-14,22-23H,15H2,(H,29,32)/t22-,23-/m0/s1. The van der Waals surface area contributed by atoms with E-state index in [1.807, 2.05) is 54.9 Å². The first kappa shape index (κ1) is 20.9. The lowest BCUT2D eigenvalue weighted by Crippen LogP contribution is -2.30. The van der Waals surface area contributed by atoms with Gasteiger partial charge in [0, 0.05) is 42.0 Å². The van der Waals surface area contributed by atoms with Gasteiger partial charge < -0.3 is 14.8 Å². The van der Waals surface area contributed by atoms with Gasteiger partial charge in [0.1, 0.15) is 0 Å². The van der Waals surface area contributed by atoms with Crippen LogP contribution in [0.2, 0.25) is 10.0 Å². The number of aromatic nitrogens is 3. The van der Waals surface area contributed by atoms with Crippen molar-refractivity contribution >= 4 is 40.5 Å². The van der Waals surface area contributed by atoms with E-state index in [2.05, 4.69) is 36.9 Å². The Morgan fingerprint density at radius 3 is 2.66 bits per heavy atom. The maximum atomic E-state index is 6.57. The highest BCUT2D eigenvalue weighted by atomic mass is 35.5. The van der Waals surface area contributed by atoms with E-state index >= 15 is 0 Å². The summed E-state index contributed by atoms with van der Waals surface area (Å²) in [6.07, 6.45) is 7.44. The number of pyridine rings is 2. The van der Waals surface area contributed by atoms with E-state index in [0.29, 0.717) is 21.7 Å². The van der Waals surface area contributed by atoms with Crippen LogP contribution < -0.4 is 5.32 Å². The summed E-state index contributed by atoms with van der Waals surface area (Å²) in [7, 11) is 0. The Morgan fingerprint density at radius 2 is 1.91 bits per heavy atom. The Bertz CT molecular complexity index is 1250. The third-order valence-corrected chi connectivity index (χ3v) is 6.42. The molecule has 1 aromatic carbocycles. The van der Waals surface area contributed by atoms with Crippen molar-refractivity contribution in [3.8, 4) is 5.69 Å². The number of benzene rings is 1. The van der Waals surface area contributed by atoms with Crippen LogP contribution in [0.25, 0.3) is 5.69 Å². The second-order valence-corrected chi connectivity index (χ2v) is 8.74. The summed E-state index contributed by atoms with van der Waals surface area (Å²) in [6, 6.07) is 19.3. The van der Waals surface area contributed by atoms with Crippen LogP contribution in [0.4, 0.5) is 0 Å². The maximum absolute atomic E-state index is 6.57. The molecule has 1 N–H and O–H groups in total. The van der Waals surface area contributed by atoms with Crippen molar-refractivity contribution in [1.82, 2.24) is 24.8 Å². The highest BCUT2D eigenvalue weighted by Gasteiger charge is 2.41. The van der Waals surface area contributed by atoms with Crippen LogP contribution >= 0.6 is 35.4 Å². The van der Waals surface area contributed by atoms with Crippen molar-refractivity contribution in [2.45, 2.75) is 18.6 Å². The first-order chi connectivity index (χ1) is 15.6. The molecule has 4 aromatic rings. The Labute approximate surface area is 201 Å². The first-order valence-electron chi connectivity index (χ1n) is 10.1. The van der Waals surface area contributed by atoms with E-state index < -0.39 is 0 Å². The quantitative estimate of drug-likeness (QED) is 0.369. The number of nitrogens with zero attached hydrogens (tertiary/aromatic N) is 4. The van der Waals surface area contributed by atoms with Crippen molar-refractivity contribution in [3.05, 3.63) is 112 Å². The molecule has 0 bridgehead atoms. The molecule has 2 atom stereocenters.